The first-order valence-corrected chi connectivity index (χ1v) is 5.95. The molecule has 0 atom stereocenters. The zero-order chi connectivity index (χ0) is 14.9. The van der Waals surface area contributed by atoms with E-state index in [1.54, 1.807) is 6.92 Å². The van der Waals surface area contributed by atoms with Crippen molar-refractivity contribution >= 4 is 23.3 Å². The van der Waals surface area contributed by atoms with E-state index in [0.717, 1.165) is 4.68 Å². The minimum absolute atomic E-state index is 0.122. The lowest BCUT2D eigenvalue weighted by Crippen LogP contribution is -2.07. The van der Waals surface area contributed by atoms with Gasteiger partial charge in [0.05, 0.1) is 10.6 Å². The normalized spacial score (nSPS) is 10.5. The largest absolute Gasteiger partial charge is 0.476 e. The van der Waals surface area contributed by atoms with Crippen molar-refractivity contribution in [1.82, 2.24) is 15.0 Å². The molecule has 0 aliphatic heterocycles. The quantitative estimate of drug-likeness (QED) is 0.683. The van der Waals surface area contributed by atoms with Crippen LogP contribution in [0.2, 0.25) is 5.02 Å². The average molecular weight is 297 g/mol. The van der Waals surface area contributed by atoms with E-state index in [2.05, 4.69) is 10.3 Å². The molecular weight excluding hydrogens is 288 g/mol. The fraction of sp³-hybridized carbons (Fsp3) is 0.182. The molecule has 8 nitrogen and oxygen atoms in total. The molecule has 0 saturated carbocycles. The molecule has 9 heteroatoms. The highest BCUT2D eigenvalue weighted by Crippen LogP contribution is 2.27. The lowest BCUT2D eigenvalue weighted by molar-refractivity contribution is -0.384. The van der Waals surface area contributed by atoms with Gasteiger partial charge < -0.3 is 5.11 Å². The molecule has 0 spiro atoms. The molecule has 1 heterocycles. The van der Waals surface area contributed by atoms with Crippen LogP contribution in [0.3, 0.4) is 0 Å². The zero-order valence-electron chi connectivity index (χ0n) is 10.3. The number of nitro groups is 1. The van der Waals surface area contributed by atoms with Gasteiger partial charge in [-0.05, 0) is 18.6 Å². The third-order valence-electron chi connectivity index (χ3n) is 2.66. The molecule has 1 aromatic carbocycles. The van der Waals surface area contributed by atoms with E-state index in [1.165, 1.54) is 18.2 Å². The maximum Gasteiger partial charge on any atom is 0.358 e. The van der Waals surface area contributed by atoms with Gasteiger partial charge in [-0.3, -0.25) is 10.1 Å². The molecule has 1 aromatic heterocycles. The van der Waals surface area contributed by atoms with Gasteiger partial charge in [0.2, 0.25) is 0 Å². The summed E-state index contributed by atoms with van der Waals surface area (Å²) in [6, 6.07) is 4.05. The number of rotatable bonds is 4. The monoisotopic (exact) mass is 296 g/mol. The highest BCUT2D eigenvalue weighted by molar-refractivity contribution is 6.30. The Hall–Kier alpha value is -2.48. The van der Waals surface area contributed by atoms with Gasteiger partial charge in [0.1, 0.15) is 5.69 Å². The Balaban J connectivity index is 2.69. The van der Waals surface area contributed by atoms with Crippen LogP contribution in [-0.2, 0) is 6.42 Å². The van der Waals surface area contributed by atoms with E-state index in [4.69, 9.17) is 16.7 Å². The molecule has 0 amide bonds. The summed E-state index contributed by atoms with van der Waals surface area (Å²) in [5.41, 5.74) is -0.0926. The summed E-state index contributed by atoms with van der Waals surface area (Å²) in [7, 11) is 0. The standard InChI is InChI=1S/C11H9ClN4O4/c1-2-7-10(11(17)18)13-14-15(7)8-4-3-6(12)5-9(8)16(19)20/h3-5H,2H2,1H3,(H,17,18). The molecule has 0 aliphatic carbocycles. The van der Waals surface area contributed by atoms with Gasteiger partial charge >= 0.3 is 5.97 Å². The molecule has 0 unspecified atom stereocenters. The number of carboxylic acid groups (broad SMARTS) is 1. The lowest BCUT2D eigenvalue weighted by Gasteiger charge is -2.06. The van der Waals surface area contributed by atoms with Crippen molar-refractivity contribution < 1.29 is 14.8 Å². The van der Waals surface area contributed by atoms with Crippen LogP contribution >= 0.6 is 11.6 Å². The maximum atomic E-state index is 11.1. The molecule has 20 heavy (non-hydrogen) atoms. The second kappa shape index (κ2) is 5.25. The Morgan fingerprint density at radius 1 is 1.55 bits per heavy atom. The van der Waals surface area contributed by atoms with Crippen molar-refractivity contribution in [3.8, 4) is 5.69 Å². The number of hydrogen-bond acceptors (Lipinski definition) is 5. The molecule has 2 rings (SSSR count). The highest BCUT2D eigenvalue weighted by atomic mass is 35.5. The first-order chi connectivity index (χ1) is 9.45. The van der Waals surface area contributed by atoms with Crippen LogP contribution in [-0.4, -0.2) is 31.0 Å². The lowest BCUT2D eigenvalue weighted by atomic mass is 10.2. The Bertz CT molecular complexity index is 698. The zero-order valence-corrected chi connectivity index (χ0v) is 11.0. The topological polar surface area (TPSA) is 111 Å². The minimum Gasteiger partial charge on any atom is -0.476 e. The van der Waals surface area contributed by atoms with E-state index >= 15 is 0 Å². The molecule has 0 fully saturated rings. The van der Waals surface area contributed by atoms with Gasteiger partial charge in [-0.15, -0.1) is 5.10 Å². The number of carbonyl (C=O) groups is 1. The van der Waals surface area contributed by atoms with Gasteiger partial charge in [0.25, 0.3) is 5.69 Å². The Labute approximate surface area is 117 Å². The smallest absolute Gasteiger partial charge is 0.358 e. The average Bonchev–Trinajstić information content (AvgIpc) is 2.82. The van der Waals surface area contributed by atoms with Crippen molar-refractivity contribution in [3.05, 3.63) is 44.7 Å². The van der Waals surface area contributed by atoms with Gasteiger partial charge in [-0.2, -0.15) is 0 Å². The molecule has 0 radical (unpaired) electrons. The number of nitrogens with zero attached hydrogens (tertiary/aromatic N) is 4. The summed E-state index contributed by atoms with van der Waals surface area (Å²) in [5.74, 6) is -1.23. The molecular formula is C11H9ClN4O4. The Kier molecular flexibility index (Phi) is 3.66. The summed E-state index contributed by atoms with van der Waals surface area (Å²) in [6.45, 7) is 1.71. The molecule has 2 aromatic rings. The summed E-state index contributed by atoms with van der Waals surface area (Å²) in [5, 5.41) is 27.5. The summed E-state index contributed by atoms with van der Waals surface area (Å²) in [6.07, 6.45) is 0.314. The maximum absolute atomic E-state index is 11.1. The number of aromatic nitrogens is 3. The highest BCUT2D eigenvalue weighted by Gasteiger charge is 2.23. The van der Waals surface area contributed by atoms with Crippen molar-refractivity contribution in [1.29, 1.82) is 0 Å². The number of carboxylic acids is 1. The van der Waals surface area contributed by atoms with Crippen molar-refractivity contribution in [2.75, 3.05) is 0 Å². The summed E-state index contributed by atoms with van der Waals surface area (Å²) in [4.78, 5) is 21.5. The van der Waals surface area contributed by atoms with Crippen LogP contribution < -0.4 is 0 Å². The van der Waals surface area contributed by atoms with E-state index in [9.17, 15) is 14.9 Å². The van der Waals surface area contributed by atoms with Crippen LogP contribution in [0.15, 0.2) is 18.2 Å². The fourth-order valence-corrected chi connectivity index (χ4v) is 1.97. The fourth-order valence-electron chi connectivity index (χ4n) is 1.80. The van der Waals surface area contributed by atoms with Gasteiger partial charge in [-0.25, -0.2) is 9.48 Å². The second-order valence-corrected chi connectivity index (χ2v) is 4.28. The molecule has 104 valence electrons. The van der Waals surface area contributed by atoms with E-state index in [-0.39, 0.29) is 27.8 Å². The van der Waals surface area contributed by atoms with Crippen molar-refractivity contribution in [3.63, 3.8) is 0 Å². The molecule has 1 N–H and O–H groups in total. The van der Waals surface area contributed by atoms with Crippen LogP contribution in [0.25, 0.3) is 5.69 Å². The van der Waals surface area contributed by atoms with Crippen molar-refractivity contribution in [2.45, 2.75) is 13.3 Å². The van der Waals surface area contributed by atoms with E-state index in [1.807, 2.05) is 0 Å². The van der Waals surface area contributed by atoms with Crippen LogP contribution in [0.4, 0.5) is 5.69 Å². The van der Waals surface area contributed by atoms with E-state index in [0.29, 0.717) is 6.42 Å². The number of nitro benzene ring substituents is 1. The Morgan fingerprint density at radius 2 is 2.25 bits per heavy atom. The third-order valence-corrected chi connectivity index (χ3v) is 2.90. The molecule has 0 saturated heterocycles. The molecule has 0 bridgehead atoms. The predicted molar refractivity (Wildman–Crippen MR) is 69.4 cm³/mol. The van der Waals surface area contributed by atoms with Crippen LogP contribution in [0.5, 0.6) is 0 Å². The number of hydrogen-bond donors (Lipinski definition) is 1. The summed E-state index contributed by atoms with van der Waals surface area (Å²) >= 11 is 5.73. The van der Waals surface area contributed by atoms with Gasteiger partial charge in [0, 0.05) is 11.1 Å². The first kappa shape index (κ1) is 13.9. The van der Waals surface area contributed by atoms with E-state index < -0.39 is 10.9 Å². The number of halogens is 1. The SMILES string of the molecule is CCc1c(C(=O)O)nnn1-c1ccc(Cl)cc1[N+](=O)[O-]. The number of benzene rings is 1. The molecule has 0 aliphatic rings. The van der Waals surface area contributed by atoms with Crippen LogP contribution in [0.1, 0.15) is 23.1 Å². The van der Waals surface area contributed by atoms with Crippen molar-refractivity contribution in [2.24, 2.45) is 0 Å². The second-order valence-electron chi connectivity index (χ2n) is 3.85. The number of aromatic carboxylic acids is 1. The van der Waals surface area contributed by atoms with Crippen LogP contribution in [0, 0.1) is 10.1 Å². The first-order valence-electron chi connectivity index (χ1n) is 5.57. The predicted octanol–water partition coefficient (Wildman–Crippen LogP) is 2.09. The summed E-state index contributed by atoms with van der Waals surface area (Å²) < 4.78 is 1.15. The van der Waals surface area contributed by atoms with Gasteiger partial charge in [-0.1, -0.05) is 23.7 Å². The minimum atomic E-state index is -1.23. The Morgan fingerprint density at radius 3 is 2.80 bits per heavy atom. The third kappa shape index (κ3) is 2.32. The van der Waals surface area contributed by atoms with Gasteiger partial charge in [0.15, 0.2) is 5.69 Å².